The summed E-state index contributed by atoms with van der Waals surface area (Å²) < 4.78 is 0. The SMILES string of the molecule is C=CCc1ccc(CNCc2ccc(CC=C)cc2)cc1. The van der Waals surface area contributed by atoms with Crippen molar-refractivity contribution in [2.75, 3.05) is 0 Å². The molecule has 0 atom stereocenters. The molecular formula is C20H23N. The lowest BCUT2D eigenvalue weighted by Gasteiger charge is -2.07. The van der Waals surface area contributed by atoms with E-state index in [4.69, 9.17) is 0 Å². The number of nitrogens with one attached hydrogen (secondary N) is 1. The van der Waals surface area contributed by atoms with Crippen molar-refractivity contribution < 1.29 is 0 Å². The van der Waals surface area contributed by atoms with Gasteiger partial charge in [-0.15, -0.1) is 13.2 Å². The maximum Gasteiger partial charge on any atom is 0.0208 e. The highest BCUT2D eigenvalue weighted by atomic mass is 14.8. The van der Waals surface area contributed by atoms with Crippen LogP contribution in [0.2, 0.25) is 0 Å². The molecule has 2 aromatic carbocycles. The van der Waals surface area contributed by atoms with Gasteiger partial charge < -0.3 is 5.32 Å². The third-order valence-electron chi connectivity index (χ3n) is 3.46. The minimum absolute atomic E-state index is 0.892. The zero-order valence-electron chi connectivity index (χ0n) is 12.5. The third kappa shape index (κ3) is 5.05. The van der Waals surface area contributed by atoms with Crippen LogP contribution in [-0.2, 0) is 25.9 Å². The molecule has 1 nitrogen and oxygen atoms in total. The van der Waals surface area contributed by atoms with Crippen LogP contribution in [0, 0.1) is 0 Å². The second-order valence-corrected chi connectivity index (χ2v) is 5.22. The third-order valence-corrected chi connectivity index (χ3v) is 3.46. The summed E-state index contributed by atoms with van der Waals surface area (Å²) in [5, 5.41) is 3.48. The van der Waals surface area contributed by atoms with Gasteiger partial charge in [-0.25, -0.2) is 0 Å². The summed E-state index contributed by atoms with van der Waals surface area (Å²) in [6.07, 6.45) is 5.74. The highest BCUT2D eigenvalue weighted by Gasteiger charge is 1.96. The molecular weight excluding hydrogens is 254 g/mol. The monoisotopic (exact) mass is 277 g/mol. The molecule has 0 bridgehead atoms. The summed E-state index contributed by atoms with van der Waals surface area (Å²) in [4.78, 5) is 0. The molecule has 0 fully saturated rings. The number of rotatable bonds is 8. The number of allylic oxidation sites excluding steroid dienone is 2. The molecule has 0 unspecified atom stereocenters. The van der Waals surface area contributed by atoms with Crippen molar-refractivity contribution in [3.8, 4) is 0 Å². The molecule has 0 spiro atoms. The molecule has 2 rings (SSSR count). The van der Waals surface area contributed by atoms with Crippen LogP contribution in [0.1, 0.15) is 22.3 Å². The molecule has 1 N–H and O–H groups in total. The Hall–Kier alpha value is -2.12. The Bertz CT molecular complexity index is 510. The maximum absolute atomic E-state index is 3.76. The van der Waals surface area contributed by atoms with Crippen LogP contribution >= 0.6 is 0 Å². The van der Waals surface area contributed by atoms with Gasteiger partial charge in [0.2, 0.25) is 0 Å². The Labute approximate surface area is 128 Å². The summed E-state index contributed by atoms with van der Waals surface area (Å²) in [5.41, 5.74) is 5.25. The van der Waals surface area contributed by atoms with Crippen LogP contribution in [0.5, 0.6) is 0 Å². The molecule has 0 aliphatic heterocycles. The van der Waals surface area contributed by atoms with Crippen LogP contribution in [0.4, 0.5) is 0 Å². The van der Waals surface area contributed by atoms with Gasteiger partial charge in [0.1, 0.15) is 0 Å². The quantitative estimate of drug-likeness (QED) is 0.704. The van der Waals surface area contributed by atoms with Crippen molar-refractivity contribution in [3.05, 3.63) is 96.1 Å². The predicted molar refractivity (Wildman–Crippen MR) is 91.2 cm³/mol. The van der Waals surface area contributed by atoms with Gasteiger partial charge >= 0.3 is 0 Å². The van der Waals surface area contributed by atoms with Gasteiger partial charge in [-0.3, -0.25) is 0 Å². The summed E-state index contributed by atoms with van der Waals surface area (Å²) in [6.45, 7) is 9.31. The van der Waals surface area contributed by atoms with Gasteiger partial charge in [-0.05, 0) is 35.1 Å². The Balaban J connectivity index is 1.80. The summed E-state index contributed by atoms with van der Waals surface area (Å²) in [7, 11) is 0. The fourth-order valence-electron chi connectivity index (χ4n) is 2.27. The second-order valence-electron chi connectivity index (χ2n) is 5.22. The minimum Gasteiger partial charge on any atom is -0.309 e. The molecule has 2 aromatic rings. The van der Waals surface area contributed by atoms with E-state index in [9.17, 15) is 0 Å². The molecule has 0 aromatic heterocycles. The van der Waals surface area contributed by atoms with Crippen LogP contribution in [0.3, 0.4) is 0 Å². The largest absolute Gasteiger partial charge is 0.309 e. The average molecular weight is 277 g/mol. The Morgan fingerprint density at radius 3 is 1.29 bits per heavy atom. The molecule has 0 aliphatic carbocycles. The predicted octanol–water partition coefficient (Wildman–Crippen LogP) is 4.43. The highest BCUT2D eigenvalue weighted by molar-refractivity contribution is 5.25. The first kappa shape index (κ1) is 15.3. The van der Waals surface area contributed by atoms with Gasteiger partial charge in [0.25, 0.3) is 0 Å². The molecule has 108 valence electrons. The fraction of sp³-hybridized carbons (Fsp3) is 0.200. The molecule has 0 saturated heterocycles. The number of benzene rings is 2. The molecule has 0 radical (unpaired) electrons. The lowest BCUT2D eigenvalue weighted by atomic mass is 10.1. The zero-order valence-corrected chi connectivity index (χ0v) is 12.5. The summed E-state index contributed by atoms with van der Waals surface area (Å²) in [6, 6.07) is 17.4. The fourth-order valence-corrected chi connectivity index (χ4v) is 2.27. The van der Waals surface area contributed by atoms with Gasteiger partial charge in [-0.1, -0.05) is 60.7 Å². The van der Waals surface area contributed by atoms with E-state index in [1.165, 1.54) is 22.3 Å². The van der Waals surface area contributed by atoms with Crippen molar-refractivity contribution in [3.63, 3.8) is 0 Å². The van der Waals surface area contributed by atoms with Crippen molar-refractivity contribution in [2.45, 2.75) is 25.9 Å². The van der Waals surface area contributed by atoms with Gasteiger partial charge in [-0.2, -0.15) is 0 Å². The van der Waals surface area contributed by atoms with Crippen molar-refractivity contribution >= 4 is 0 Å². The number of hydrogen-bond donors (Lipinski definition) is 1. The first-order valence-electron chi connectivity index (χ1n) is 7.40. The van der Waals surface area contributed by atoms with Crippen molar-refractivity contribution in [1.82, 2.24) is 5.32 Å². The van der Waals surface area contributed by atoms with E-state index in [2.05, 4.69) is 67.0 Å². The Morgan fingerprint density at radius 2 is 0.952 bits per heavy atom. The van der Waals surface area contributed by atoms with E-state index >= 15 is 0 Å². The van der Waals surface area contributed by atoms with Gasteiger partial charge in [0.15, 0.2) is 0 Å². The average Bonchev–Trinajstić information content (AvgIpc) is 2.51. The molecule has 0 amide bonds. The van der Waals surface area contributed by atoms with Crippen LogP contribution in [-0.4, -0.2) is 0 Å². The maximum atomic E-state index is 3.76. The molecule has 1 heteroatoms. The van der Waals surface area contributed by atoms with Crippen LogP contribution in [0.25, 0.3) is 0 Å². The van der Waals surface area contributed by atoms with E-state index < -0.39 is 0 Å². The smallest absolute Gasteiger partial charge is 0.0208 e. The van der Waals surface area contributed by atoms with Gasteiger partial charge in [0.05, 0.1) is 0 Å². The van der Waals surface area contributed by atoms with Crippen molar-refractivity contribution in [1.29, 1.82) is 0 Å². The first-order chi connectivity index (χ1) is 10.3. The van der Waals surface area contributed by atoms with Crippen LogP contribution < -0.4 is 5.32 Å². The van der Waals surface area contributed by atoms with E-state index in [0.717, 1.165) is 25.9 Å². The second kappa shape index (κ2) is 8.23. The molecule has 0 aliphatic rings. The Morgan fingerprint density at radius 1 is 0.619 bits per heavy atom. The van der Waals surface area contributed by atoms with E-state index in [1.807, 2.05) is 12.2 Å². The van der Waals surface area contributed by atoms with Gasteiger partial charge in [0, 0.05) is 13.1 Å². The zero-order chi connectivity index (χ0) is 14.9. The van der Waals surface area contributed by atoms with E-state index in [0.29, 0.717) is 0 Å². The lowest BCUT2D eigenvalue weighted by molar-refractivity contribution is 0.693. The van der Waals surface area contributed by atoms with E-state index in [-0.39, 0.29) is 0 Å². The molecule has 0 saturated carbocycles. The van der Waals surface area contributed by atoms with Crippen LogP contribution in [0.15, 0.2) is 73.8 Å². The topological polar surface area (TPSA) is 12.0 Å². The number of hydrogen-bond acceptors (Lipinski definition) is 1. The summed E-state index contributed by atoms with van der Waals surface area (Å²) in [5.74, 6) is 0. The summed E-state index contributed by atoms with van der Waals surface area (Å²) >= 11 is 0. The van der Waals surface area contributed by atoms with Crippen molar-refractivity contribution in [2.24, 2.45) is 0 Å². The Kier molecular flexibility index (Phi) is 5.99. The molecule has 0 heterocycles. The minimum atomic E-state index is 0.892. The van der Waals surface area contributed by atoms with E-state index in [1.54, 1.807) is 0 Å². The normalized spacial score (nSPS) is 10.3. The molecule has 21 heavy (non-hydrogen) atoms. The standard InChI is InChI=1S/C20H23N/c1-3-5-17-7-11-19(12-8-17)15-21-16-20-13-9-18(6-4-2)10-14-20/h3-4,7-14,21H,1-2,5-6,15-16H2. The highest BCUT2D eigenvalue weighted by Crippen LogP contribution is 2.07. The lowest BCUT2D eigenvalue weighted by Crippen LogP contribution is -2.12. The first-order valence-corrected chi connectivity index (χ1v) is 7.40.